The van der Waals surface area contributed by atoms with Gasteiger partial charge in [-0.05, 0) is 41.8 Å². The number of nitrogens with zero attached hydrogens (tertiary/aromatic N) is 4. The fourth-order valence-corrected chi connectivity index (χ4v) is 2.30. The molecule has 0 aliphatic heterocycles. The maximum absolute atomic E-state index is 5.23. The van der Waals surface area contributed by atoms with Crippen LogP contribution in [-0.2, 0) is 13.0 Å². The zero-order chi connectivity index (χ0) is 17.3. The van der Waals surface area contributed by atoms with E-state index in [-0.39, 0.29) is 0 Å². The van der Waals surface area contributed by atoms with Gasteiger partial charge in [-0.3, -0.25) is 4.98 Å². The smallest absolute Gasteiger partial charge is 0.244 e. The van der Waals surface area contributed by atoms with Crippen LogP contribution in [0, 0.1) is 0 Å². The monoisotopic (exact) mass is 336 g/mol. The van der Waals surface area contributed by atoms with Crippen LogP contribution in [0.3, 0.4) is 0 Å². The third-order valence-corrected chi connectivity index (χ3v) is 3.61. The standard InChI is InChI=1S/C18H20N6O/c1-25-16-4-2-3-14(11-16)7-10-20-18-23-17(13-22-24-18)21-12-15-5-8-19-9-6-15/h2-6,8-9,11,13H,7,10,12H2,1H3,(H2,20,21,23,24). The molecular weight excluding hydrogens is 316 g/mol. The molecular formula is C18H20N6O. The SMILES string of the molecule is COc1cccc(CCNc2nncc(NCc3ccncc3)n2)c1. The molecule has 0 spiro atoms. The number of rotatable bonds is 8. The number of benzene rings is 1. The maximum Gasteiger partial charge on any atom is 0.244 e. The minimum absolute atomic E-state index is 0.502. The highest BCUT2D eigenvalue weighted by atomic mass is 16.5. The number of hydrogen-bond acceptors (Lipinski definition) is 7. The predicted octanol–water partition coefficient (Wildman–Crippen LogP) is 2.54. The van der Waals surface area contributed by atoms with Gasteiger partial charge in [0.25, 0.3) is 0 Å². The van der Waals surface area contributed by atoms with E-state index in [1.807, 2.05) is 30.3 Å². The van der Waals surface area contributed by atoms with Gasteiger partial charge in [-0.2, -0.15) is 10.1 Å². The van der Waals surface area contributed by atoms with Crippen LogP contribution in [0.2, 0.25) is 0 Å². The van der Waals surface area contributed by atoms with E-state index in [9.17, 15) is 0 Å². The summed E-state index contributed by atoms with van der Waals surface area (Å²) in [4.78, 5) is 8.42. The second-order valence-corrected chi connectivity index (χ2v) is 5.40. The molecule has 3 aromatic rings. The molecule has 0 fully saturated rings. The molecule has 2 N–H and O–H groups in total. The van der Waals surface area contributed by atoms with Crippen LogP contribution in [0.25, 0.3) is 0 Å². The van der Waals surface area contributed by atoms with E-state index in [2.05, 4.69) is 36.9 Å². The average molecular weight is 336 g/mol. The fraction of sp³-hybridized carbons (Fsp3) is 0.222. The summed E-state index contributed by atoms with van der Waals surface area (Å²) in [6.07, 6.45) is 5.98. The van der Waals surface area contributed by atoms with Crippen LogP contribution in [0.4, 0.5) is 11.8 Å². The molecule has 0 bridgehead atoms. The van der Waals surface area contributed by atoms with Gasteiger partial charge < -0.3 is 15.4 Å². The van der Waals surface area contributed by atoms with Crippen molar-refractivity contribution >= 4 is 11.8 Å². The zero-order valence-corrected chi connectivity index (χ0v) is 14.0. The van der Waals surface area contributed by atoms with Crippen LogP contribution >= 0.6 is 0 Å². The Kier molecular flexibility index (Phi) is 5.71. The second kappa shape index (κ2) is 8.58. The number of ether oxygens (including phenoxy) is 1. The van der Waals surface area contributed by atoms with E-state index in [1.165, 1.54) is 5.56 Å². The average Bonchev–Trinajstić information content (AvgIpc) is 2.68. The van der Waals surface area contributed by atoms with Gasteiger partial charge in [0.15, 0.2) is 5.82 Å². The highest BCUT2D eigenvalue weighted by molar-refractivity contribution is 5.38. The Morgan fingerprint density at radius 3 is 2.76 bits per heavy atom. The highest BCUT2D eigenvalue weighted by Crippen LogP contribution is 2.13. The largest absolute Gasteiger partial charge is 0.497 e. The quantitative estimate of drug-likeness (QED) is 0.654. The normalized spacial score (nSPS) is 10.3. The van der Waals surface area contributed by atoms with Crippen LogP contribution in [0.1, 0.15) is 11.1 Å². The van der Waals surface area contributed by atoms with Crippen LogP contribution in [0.15, 0.2) is 55.0 Å². The van der Waals surface area contributed by atoms with Crippen molar-refractivity contribution in [1.29, 1.82) is 0 Å². The summed E-state index contributed by atoms with van der Waals surface area (Å²) in [7, 11) is 1.67. The lowest BCUT2D eigenvalue weighted by Crippen LogP contribution is -2.10. The molecule has 7 nitrogen and oxygen atoms in total. The molecule has 2 heterocycles. The topological polar surface area (TPSA) is 84.9 Å². The van der Waals surface area contributed by atoms with Gasteiger partial charge >= 0.3 is 0 Å². The molecule has 0 saturated heterocycles. The molecule has 0 saturated carbocycles. The number of anilines is 2. The van der Waals surface area contributed by atoms with Gasteiger partial charge in [-0.1, -0.05) is 12.1 Å². The first kappa shape index (κ1) is 16.6. The molecule has 0 atom stereocenters. The van der Waals surface area contributed by atoms with Gasteiger partial charge in [0.05, 0.1) is 13.3 Å². The molecule has 1 aromatic carbocycles. The lowest BCUT2D eigenvalue weighted by Gasteiger charge is -2.08. The third kappa shape index (κ3) is 5.13. The minimum Gasteiger partial charge on any atom is -0.497 e. The molecule has 0 radical (unpaired) electrons. The number of methoxy groups -OCH3 is 1. The Hall–Kier alpha value is -3.22. The summed E-state index contributed by atoms with van der Waals surface area (Å²) in [6, 6.07) is 11.9. The summed E-state index contributed by atoms with van der Waals surface area (Å²) in [6.45, 7) is 1.37. The fourth-order valence-electron chi connectivity index (χ4n) is 2.30. The Morgan fingerprint density at radius 1 is 1.04 bits per heavy atom. The summed E-state index contributed by atoms with van der Waals surface area (Å²) in [5.41, 5.74) is 2.31. The maximum atomic E-state index is 5.23. The summed E-state index contributed by atoms with van der Waals surface area (Å²) < 4.78 is 5.23. The summed E-state index contributed by atoms with van der Waals surface area (Å²) in [5.74, 6) is 2.04. The predicted molar refractivity (Wildman–Crippen MR) is 96.6 cm³/mol. The molecule has 0 amide bonds. The molecule has 3 rings (SSSR count). The Morgan fingerprint density at radius 2 is 1.92 bits per heavy atom. The molecule has 2 aromatic heterocycles. The Balaban J connectivity index is 1.51. The number of pyridine rings is 1. The van der Waals surface area contributed by atoms with Crippen molar-refractivity contribution in [3.63, 3.8) is 0 Å². The first-order chi connectivity index (χ1) is 12.3. The van der Waals surface area contributed by atoms with Crippen molar-refractivity contribution in [2.75, 3.05) is 24.3 Å². The van der Waals surface area contributed by atoms with Crippen molar-refractivity contribution in [2.24, 2.45) is 0 Å². The number of nitrogens with one attached hydrogen (secondary N) is 2. The van der Waals surface area contributed by atoms with Gasteiger partial charge in [0.2, 0.25) is 5.95 Å². The number of hydrogen-bond donors (Lipinski definition) is 2. The zero-order valence-electron chi connectivity index (χ0n) is 14.0. The molecule has 0 aliphatic carbocycles. The third-order valence-electron chi connectivity index (χ3n) is 3.61. The van der Waals surface area contributed by atoms with Gasteiger partial charge in [-0.25, -0.2) is 0 Å². The lowest BCUT2D eigenvalue weighted by molar-refractivity contribution is 0.414. The summed E-state index contributed by atoms with van der Waals surface area (Å²) in [5, 5.41) is 14.4. The van der Waals surface area contributed by atoms with Crippen LogP contribution in [0.5, 0.6) is 5.75 Å². The van der Waals surface area contributed by atoms with E-state index in [0.717, 1.165) is 17.7 Å². The lowest BCUT2D eigenvalue weighted by atomic mass is 10.1. The van der Waals surface area contributed by atoms with E-state index < -0.39 is 0 Å². The first-order valence-corrected chi connectivity index (χ1v) is 8.03. The van der Waals surface area contributed by atoms with Crippen LogP contribution in [-0.4, -0.2) is 33.8 Å². The van der Waals surface area contributed by atoms with Gasteiger partial charge in [0.1, 0.15) is 5.75 Å². The molecule has 7 heteroatoms. The van der Waals surface area contributed by atoms with Crippen molar-refractivity contribution < 1.29 is 4.74 Å². The van der Waals surface area contributed by atoms with E-state index >= 15 is 0 Å². The van der Waals surface area contributed by atoms with Crippen molar-refractivity contribution in [3.05, 3.63) is 66.1 Å². The number of aromatic nitrogens is 4. The van der Waals surface area contributed by atoms with Gasteiger partial charge in [0, 0.05) is 25.5 Å². The van der Waals surface area contributed by atoms with Gasteiger partial charge in [-0.15, -0.1) is 5.10 Å². The van der Waals surface area contributed by atoms with Crippen molar-refractivity contribution in [3.8, 4) is 5.75 Å². The molecule has 0 aliphatic rings. The molecule has 0 unspecified atom stereocenters. The van der Waals surface area contributed by atoms with E-state index in [4.69, 9.17) is 4.74 Å². The highest BCUT2D eigenvalue weighted by Gasteiger charge is 2.01. The van der Waals surface area contributed by atoms with Crippen LogP contribution < -0.4 is 15.4 Å². The Labute approximate surface area is 146 Å². The Bertz CT molecular complexity index is 796. The first-order valence-electron chi connectivity index (χ1n) is 8.03. The second-order valence-electron chi connectivity index (χ2n) is 5.40. The van der Waals surface area contributed by atoms with E-state index in [1.54, 1.807) is 25.7 Å². The molecule has 128 valence electrons. The van der Waals surface area contributed by atoms with Crippen molar-refractivity contribution in [1.82, 2.24) is 20.2 Å². The molecule has 25 heavy (non-hydrogen) atoms. The minimum atomic E-state index is 0.502. The summed E-state index contributed by atoms with van der Waals surface area (Å²) >= 11 is 0. The van der Waals surface area contributed by atoms with E-state index in [0.29, 0.717) is 24.9 Å². The van der Waals surface area contributed by atoms with Crippen molar-refractivity contribution in [2.45, 2.75) is 13.0 Å².